The van der Waals surface area contributed by atoms with E-state index in [-0.39, 0.29) is 24.2 Å². The number of nitrogens with one attached hydrogen (secondary N) is 2. The summed E-state index contributed by atoms with van der Waals surface area (Å²) in [5.74, 6) is 0.682. The Labute approximate surface area is 232 Å². The molecule has 9 heteroatoms. The zero-order chi connectivity index (χ0) is 27.2. The quantitative estimate of drug-likeness (QED) is 0.525. The molecule has 3 fully saturated rings. The molecule has 2 aromatic rings. The number of carbonyl (C=O) groups excluding carboxylic acids is 1. The molecule has 5 rings (SSSR count). The fourth-order valence-corrected chi connectivity index (χ4v) is 6.06. The van der Waals surface area contributed by atoms with E-state index < -0.39 is 0 Å². The number of aryl methyl sites for hydroxylation is 1. The lowest BCUT2D eigenvalue weighted by molar-refractivity contribution is -0.0533. The first kappa shape index (κ1) is 28.0. The van der Waals surface area contributed by atoms with Crippen molar-refractivity contribution in [3.8, 4) is 0 Å². The van der Waals surface area contributed by atoms with Crippen molar-refractivity contribution >= 4 is 11.7 Å². The number of likely N-dealkylation sites (tertiary alicyclic amines) is 1. The van der Waals surface area contributed by atoms with Gasteiger partial charge < -0.3 is 29.7 Å². The fraction of sp³-hybridized carbons (Fsp3) is 0.633. The molecule has 1 aromatic carbocycles. The third kappa shape index (κ3) is 6.95. The van der Waals surface area contributed by atoms with Crippen LogP contribution in [0.15, 0.2) is 30.6 Å². The van der Waals surface area contributed by atoms with Gasteiger partial charge in [-0.25, -0.2) is 9.97 Å². The van der Waals surface area contributed by atoms with Crippen LogP contribution in [0.1, 0.15) is 71.8 Å². The largest absolute Gasteiger partial charge is 0.379 e. The van der Waals surface area contributed by atoms with E-state index in [4.69, 9.17) is 14.2 Å². The minimum Gasteiger partial charge on any atom is -0.379 e. The first-order valence-electron chi connectivity index (χ1n) is 14.4. The van der Waals surface area contributed by atoms with E-state index >= 15 is 0 Å². The number of methoxy groups -OCH3 is 1. The second-order valence-corrected chi connectivity index (χ2v) is 11.1. The highest BCUT2D eigenvalue weighted by molar-refractivity contribution is 5.94. The van der Waals surface area contributed by atoms with Crippen molar-refractivity contribution in [2.75, 3.05) is 45.3 Å². The highest BCUT2D eigenvalue weighted by Crippen LogP contribution is 2.32. The number of carbonyl (C=O) groups is 1. The SMILES string of the molecule is CO[C@H]1COCC[C@H]1NC1CCN(C(=O)c2ncnc(NC[C@@H]3CCC[C@H](c4cccc(C)c4)O3)c2C)CC1. The number of benzene rings is 1. The molecule has 2 N–H and O–H groups in total. The summed E-state index contributed by atoms with van der Waals surface area (Å²) in [6, 6.07) is 9.26. The molecule has 0 saturated carbocycles. The number of nitrogens with zero attached hydrogens (tertiary/aromatic N) is 3. The van der Waals surface area contributed by atoms with Crippen LogP contribution in [-0.2, 0) is 14.2 Å². The first-order valence-corrected chi connectivity index (χ1v) is 14.4. The Hall–Kier alpha value is -2.59. The van der Waals surface area contributed by atoms with E-state index in [1.54, 1.807) is 7.11 Å². The van der Waals surface area contributed by atoms with Crippen LogP contribution in [0, 0.1) is 13.8 Å². The predicted octanol–water partition coefficient (Wildman–Crippen LogP) is 3.81. The highest BCUT2D eigenvalue weighted by Gasteiger charge is 2.31. The Bertz CT molecular complexity index is 1110. The van der Waals surface area contributed by atoms with Crippen molar-refractivity contribution in [1.82, 2.24) is 20.2 Å². The van der Waals surface area contributed by atoms with E-state index in [1.807, 2.05) is 11.8 Å². The number of aromatic nitrogens is 2. The molecule has 39 heavy (non-hydrogen) atoms. The van der Waals surface area contributed by atoms with Gasteiger partial charge in [-0.2, -0.15) is 0 Å². The average Bonchev–Trinajstić information content (AvgIpc) is 2.97. The molecule has 3 saturated heterocycles. The Morgan fingerprint density at radius 2 is 1.97 bits per heavy atom. The van der Waals surface area contributed by atoms with Gasteiger partial charge in [0.1, 0.15) is 17.8 Å². The molecule has 1 aromatic heterocycles. The van der Waals surface area contributed by atoms with Crippen LogP contribution in [0.25, 0.3) is 0 Å². The summed E-state index contributed by atoms with van der Waals surface area (Å²) < 4.78 is 17.6. The van der Waals surface area contributed by atoms with Crippen molar-refractivity contribution in [2.45, 2.75) is 82.8 Å². The molecule has 0 radical (unpaired) electrons. The second-order valence-electron chi connectivity index (χ2n) is 11.1. The lowest BCUT2D eigenvalue weighted by Gasteiger charge is -2.38. The van der Waals surface area contributed by atoms with Crippen LogP contribution < -0.4 is 10.6 Å². The molecular weight excluding hydrogens is 494 g/mol. The summed E-state index contributed by atoms with van der Waals surface area (Å²) in [7, 11) is 1.74. The summed E-state index contributed by atoms with van der Waals surface area (Å²) >= 11 is 0. The van der Waals surface area contributed by atoms with Gasteiger partial charge in [0.25, 0.3) is 5.91 Å². The number of hydrogen-bond acceptors (Lipinski definition) is 8. The lowest BCUT2D eigenvalue weighted by Crippen LogP contribution is -2.54. The molecule has 3 aliphatic rings. The van der Waals surface area contributed by atoms with E-state index in [2.05, 4.69) is 51.8 Å². The molecule has 3 aliphatic heterocycles. The van der Waals surface area contributed by atoms with Crippen LogP contribution in [0.3, 0.4) is 0 Å². The monoisotopic (exact) mass is 537 g/mol. The van der Waals surface area contributed by atoms with E-state index in [0.29, 0.717) is 49.8 Å². The average molecular weight is 538 g/mol. The van der Waals surface area contributed by atoms with Gasteiger partial charge in [0.15, 0.2) is 0 Å². The Morgan fingerprint density at radius 3 is 2.77 bits per heavy atom. The van der Waals surface area contributed by atoms with Gasteiger partial charge in [0, 0.05) is 51.0 Å². The minimum atomic E-state index is -0.0225. The molecule has 0 unspecified atom stereocenters. The molecule has 4 heterocycles. The van der Waals surface area contributed by atoms with Gasteiger partial charge in [-0.3, -0.25) is 4.79 Å². The third-order valence-corrected chi connectivity index (χ3v) is 8.39. The lowest BCUT2D eigenvalue weighted by atomic mass is 9.97. The number of piperidine rings is 1. The van der Waals surface area contributed by atoms with E-state index in [9.17, 15) is 4.79 Å². The Balaban J connectivity index is 1.14. The van der Waals surface area contributed by atoms with Gasteiger partial charge in [-0.15, -0.1) is 0 Å². The van der Waals surface area contributed by atoms with Crippen LogP contribution in [-0.4, -0.2) is 85.0 Å². The molecule has 1 amide bonds. The molecular formula is C30H43N5O4. The Kier molecular flexibility index (Phi) is 9.45. The Morgan fingerprint density at radius 1 is 1.13 bits per heavy atom. The van der Waals surface area contributed by atoms with Crippen LogP contribution in [0.4, 0.5) is 5.82 Å². The number of rotatable bonds is 8. The van der Waals surface area contributed by atoms with Crippen molar-refractivity contribution < 1.29 is 19.0 Å². The highest BCUT2D eigenvalue weighted by atomic mass is 16.5. The summed E-state index contributed by atoms with van der Waals surface area (Å²) in [4.78, 5) is 24.2. The fourth-order valence-electron chi connectivity index (χ4n) is 6.06. The first-order chi connectivity index (χ1) is 19.0. The third-order valence-electron chi connectivity index (χ3n) is 8.39. The van der Waals surface area contributed by atoms with Crippen molar-refractivity contribution in [1.29, 1.82) is 0 Å². The summed E-state index contributed by atoms with van der Waals surface area (Å²) in [5, 5.41) is 7.20. The minimum absolute atomic E-state index is 0.0225. The maximum Gasteiger partial charge on any atom is 0.272 e. The van der Waals surface area contributed by atoms with Crippen molar-refractivity contribution in [3.05, 3.63) is 53.0 Å². The van der Waals surface area contributed by atoms with Crippen molar-refractivity contribution in [3.63, 3.8) is 0 Å². The zero-order valence-corrected chi connectivity index (χ0v) is 23.5. The van der Waals surface area contributed by atoms with Gasteiger partial charge in [-0.1, -0.05) is 29.8 Å². The number of ether oxygens (including phenoxy) is 3. The molecule has 0 spiro atoms. The topological polar surface area (TPSA) is 97.8 Å². The standard InChI is InChI=1S/C30H43N5O4/c1-20-6-4-7-22(16-20)26-9-5-8-24(39-26)17-31-29-21(2)28(32-19-33-29)30(36)35-13-10-23(11-14-35)34-25-12-15-38-18-27(25)37-3/h4,6-7,16,19,23-27,34H,5,8-15,17-18H2,1-3H3,(H,31,32,33)/t24-,25+,26+,27-/m0/s1. The summed E-state index contributed by atoms with van der Waals surface area (Å²) in [6.07, 6.45) is 7.74. The number of amides is 1. The summed E-state index contributed by atoms with van der Waals surface area (Å²) in [5.41, 5.74) is 3.77. The van der Waals surface area contributed by atoms with Crippen LogP contribution in [0.2, 0.25) is 0 Å². The van der Waals surface area contributed by atoms with Crippen LogP contribution >= 0.6 is 0 Å². The molecule has 0 aliphatic carbocycles. The van der Waals surface area contributed by atoms with Gasteiger partial charge in [-0.05, 0) is 57.9 Å². The predicted molar refractivity (Wildman–Crippen MR) is 150 cm³/mol. The maximum absolute atomic E-state index is 13.4. The molecule has 9 nitrogen and oxygen atoms in total. The second kappa shape index (κ2) is 13.2. The number of anilines is 1. The van der Waals surface area contributed by atoms with Gasteiger partial charge in [0.2, 0.25) is 0 Å². The van der Waals surface area contributed by atoms with E-state index in [0.717, 1.165) is 50.7 Å². The number of hydrogen-bond donors (Lipinski definition) is 2. The van der Waals surface area contributed by atoms with Crippen LogP contribution in [0.5, 0.6) is 0 Å². The molecule has 4 atom stereocenters. The normalized spacial score (nSPS) is 26.4. The molecule has 0 bridgehead atoms. The smallest absolute Gasteiger partial charge is 0.272 e. The van der Waals surface area contributed by atoms with Gasteiger partial charge >= 0.3 is 0 Å². The van der Waals surface area contributed by atoms with Crippen molar-refractivity contribution in [2.24, 2.45) is 0 Å². The van der Waals surface area contributed by atoms with E-state index in [1.165, 1.54) is 17.5 Å². The van der Waals surface area contributed by atoms with Gasteiger partial charge in [0.05, 0.1) is 24.9 Å². The summed E-state index contributed by atoms with van der Waals surface area (Å²) in [6.45, 7) is 7.51. The zero-order valence-electron chi connectivity index (χ0n) is 23.5. The maximum atomic E-state index is 13.4. The molecule has 212 valence electrons.